The zero-order chi connectivity index (χ0) is 13.0. The normalized spacial score (nSPS) is 14.1. The molecule has 2 amide bonds. The third-order valence-electron chi connectivity index (χ3n) is 2.85. The lowest BCUT2D eigenvalue weighted by molar-refractivity contribution is -0.129. The predicted molar refractivity (Wildman–Crippen MR) is 68.8 cm³/mol. The zero-order valence-corrected chi connectivity index (χ0v) is 10.7. The molecule has 0 radical (unpaired) electrons. The van der Waals surface area contributed by atoms with E-state index in [1.54, 1.807) is 6.07 Å². The second-order valence-corrected chi connectivity index (χ2v) is 4.81. The first kappa shape index (κ1) is 12.9. The molecular formula is C13H15ClN2O2. The highest BCUT2D eigenvalue weighted by Gasteiger charge is 2.29. The summed E-state index contributed by atoms with van der Waals surface area (Å²) in [5.41, 5.74) is 5.77. The number of carbonyl (C=O) groups excluding carboxylic acids is 2. The van der Waals surface area contributed by atoms with Crippen LogP contribution in [0.5, 0.6) is 0 Å². The van der Waals surface area contributed by atoms with Crippen LogP contribution in [0.15, 0.2) is 24.3 Å². The lowest BCUT2D eigenvalue weighted by atomic mass is 10.1. The minimum absolute atomic E-state index is 0.0915. The van der Waals surface area contributed by atoms with E-state index in [0.717, 1.165) is 18.4 Å². The van der Waals surface area contributed by atoms with Crippen molar-refractivity contribution in [1.29, 1.82) is 0 Å². The molecule has 1 aliphatic carbocycles. The van der Waals surface area contributed by atoms with Crippen molar-refractivity contribution in [2.24, 2.45) is 5.92 Å². The Morgan fingerprint density at radius 2 is 1.94 bits per heavy atom. The third kappa shape index (κ3) is 3.74. The van der Waals surface area contributed by atoms with Gasteiger partial charge in [-0.1, -0.05) is 29.8 Å². The Bertz CT molecular complexity index is 458. The van der Waals surface area contributed by atoms with Gasteiger partial charge in [0.15, 0.2) is 0 Å². The van der Waals surface area contributed by atoms with Crippen molar-refractivity contribution in [3.8, 4) is 0 Å². The molecule has 2 N–H and O–H groups in total. The smallest absolute Gasteiger partial charge is 0.241 e. The van der Waals surface area contributed by atoms with E-state index in [1.165, 1.54) is 0 Å². The first-order valence-electron chi connectivity index (χ1n) is 5.99. The maximum absolute atomic E-state index is 11.5. The highest BCUT2D eigenvalue weighted by molar-refractivity contribution is 6.31. The van der Waals surface area contributed by atoms with Gasteiger partial charge in [0, 0.05) is 17.4 Å². The molecule has 0 bridgehead atoms. The van der Waals surface area contributed by atoms with Crippen LogP contribution in [0.25, 0.3) is 0 Å². The Morgan fingerprint density at radius 3 is 2.61 bits per heavy atom. The van der Waals surface area contributed by atoms with Crippen molar-refractivity contribution in [2.75, 3.05) is 0 Å². The van der Waals surface area contributed by atoms with Crippen LogP contribution in [-0.4, -0.2) is 11.8 Å². The van der Waals surface area contributed by atoms with Crippen molar-refractivity contribution in [1.82, 2.24) is 10.9 Å². The fourth-order valence-corrected chi connectivity index (χ4v) is 1.82. The van der Waals surface area contributed by atoms with Crippen LogP contribution in [-0.2, 0) is 16.0 Å². The van der Waals surface area contributed by atoms with E-state index in [1.807, 2.05) is 18.2 Å². The molecule has 0 aromatic heterocycles. The van der Waals surface area contributed by atoms with Crippen molar-refractivity contribution < 1.29 is 9.59 Å². The van der Waals surface area contributed by atoms with Crippen LogP contribution in [0.1, 0.15) is 24.8 Å². The number of aryl methyl sites for hydroxylation is 1. The summed E-state index contributed by atoms with van der Waals surface area (Å²) in [6.45, 7) is 0. The standard InChI is InChI=1S/C13H15ClN2O2/c14-11-4-2-1-3-9(11)7-8-12(17)15-16-13(18)10-5-6-10/h1-4,10H,5-8H2,(H,15,17)(H,16,18). The molecule has 96 valence electrons. The number of halogens is 1. The molecule has 1 aromatic carbocycles. The van der Waals surface area contributed by atoms with Crippen LogP contribution in [0.4, 0.5) is 0 Å². The first-order valence-corrected chi connectivity index (χ1v) is 6.36. The van der Waals surface area contributed by atoms with E-state index in [4.69, 9.17) is 11.6 Å². The lowest BCUT2D eigenvalue weighted by Crippen LogP contribution is -2.42. The molecular weight excluding hydrogens is 252 g/mol. The van der Waals surface area contributed by atoms with Crippen molar-refractivity contribution in [3.05, 3.63) is 34.9 Å². The third-order valence-corrected chi connectivity index (χ3v) is 3.22. The van der Waals surface area contributed by atoms with Crippen LogP contribution in [0.2, 0.25) is 5.02 Å². The maximum atomic E-state index is 11.5. The summed E-state index contributed by atoms with van der Waals surface area (Å²) in [6.07, 6.45) is 2.70. The topological polar surface area (TPSA) is 58.2 Å². The minimum atomic E-state index is -0.205. The van der Waals surface area contributed by atoms with Gasteiger partial charge in [0.05, 0.1) is 0 Å². The predicted octanol–water partition coefficient (Wildman–Crippen LogP) is 1.83. The van der Waals surface area contributed by atoms with Crippen molar-refractivity contribution in [3.63, 3.8) is 0 Å². The van der Waals surface area contributed by atoms with Gasteiger partial charge < -0.3 is 0 Å². The summed E-state index contributed by atoms with van der Waals surface area (Å²) >= 11 is 5.98. The van der Waals surface area contributed by atoms with Crippen molar-refractivity contribution in [2.45, 2.75) is 25.7 Å². The number of hydrazine groups is 1. The highest BCUT2D eigenvalue weighted by Crippen LogP contribution is 2.28. The van der Waals surface area contributed by atoms with E-state index >= 15 is 0 Å². The molecule has 1 fully saturated rings. The Hall–Kier alpha value is -1.55. The van der Waals surface area contributed by atoms with Gasteiger partial charge in [0.2, 0.25) is 11.8 Å². The van der Waals surface area contributed by atoms with Gasteiger partial charge >= 0.3 is 0 Å². The number of hydrogen-bond donors (Lipinski definition) is 2. The SMILES string of the molecule is O=C(CCc1ccccc1Cl)NNC(=O)C1CC1. The van der Waals surface area contributed by atoms with Gasteiger partial charge in [-0.15, -0.1) is 0 Å². The molecule has 0 unspecified atom stereocenters. The Balaban J connectivity index is 1.71. The summed E-state index contributed by atoms with van der Waals surface area (Å²) in [7, 11) is 0. The minimum Gasteiger partial charge on any atom is -0.273 e. The number of nitrogens with one attached hydrogen (secondary N) is 2. The molecule has 0 atom stereocenters. The molecule has 4 nitrogen and oxygen atoms in total. The Morgan fingerprint density at radius 1 is 1.22 bits per heavy atom. The monoisotopic (exact) mass is 266 g/mol. The number of benzene rings is 1. The van der Waals surface area contributed by atoms with Crippen LogP contribution in [0.3, 0.4) is 0 Å². The van der Waals surface area contributed by atoms with Gasteiger partial charge in [-0.2, -0.15) is 0 Å². The molecule has 1 aromatic rings. The van der Waals surface area contributed by atoms with E-state index in [9.17, 15) is 9.59 Å². The van der Waals surface area contributed by atoms with Gasteiger partial charge in [-0.05, 0) is 30.9 Å². The quantitative estimate of drug-likeness (QED) is 0.817. The largest absolute Gasteiger partial charge is 0.273 e. The molecule has 1 saturated carbocycles. The van der Waals surface area contributed by atoms with Crippen LogP contribution in [0, 0.1) is 5.92 Å². The summed E-state index contributed by atoms with van der Waals surface area (Å²) in [5.74, 6) is -0.209. The molecule has 0 saturated heterocycles. The van der Waals surface area contributed by atoms with Gasteiger partial charge in [0.25, 0.3) is 0 Å². The lowest BCUT2D eigenvalue weighted by Gasteiger charge is -2.07. The first-order chi connectivity index (χ1) is 8.66. The summed E-state index contributed by atoms with van der Waals surface area (Å²) < 4.78 is 0. The van der Waals surface area contributed by atoms with Gasteiger partial charge in [0.1, 0.15) is 0 Å². The van der Waals surface area contributed by atoms with Gasteiger partial charge in [-0.25, -0.2) is 0 Å². The second-order valence-electron chi connectivity index (χ2n) is 4.40. The Labute approximate surface area is 111 Å². The van der Waals surface area contributed by atoms with Crippen LogP contribution >= 0.6 is 11.6 Å². The molecule has 1 aliphatic rings. The van der Waals surface area contributed by atoms with E-state index < -0.39 is 0 Å². The fraction of sp³-hybridized carbons (Fsp3) is 0.385. The average Bonchev–Trinajstić information content (AvgIpc) is 3.19. The zero-order valence-electron chi connectivity index (χ0n) is 9.91. The second kappa shape index (κ2) is 5.87. The van der Waals surface area contributed by atoms with Gasteiger partial charge in [-0.3, -0.25) is 20.4 Å². The van der Waals surface area contributed by atoms with Crippen molar-refractivity contribution >= 4 is 23.4 Å². The van der Waals surface area contributed by atoms with E-state index in [-0.39, 0.29) is 17.7 Å². The number of carbonyl (C=O) groups is 2. The molecule has 0 heterocycles. The van der Waals surface area contributed by atoms with Crippen LogP contribution < -0.4 is 10.9 Å². The summed E-state index contributed by atoms with van der Waals surface area (Å²) in [4.78, 5) is 22.8. The number of hydrogen-bond acceptors (Lipinski definition) is 2. The average molecular weight is 267 g/mol. The summed E-state index contributed by atoms with van der Waals surface area (Å²) in [5, 5.41) is 0.660. The Kier molecular flexibility index (Phi) is 4.20. The number of amides is 2. The number of rotatable bonds is 4. The highest BCUT2D eigenvalue weighted by atomic mass is 35.5. The maximum Gasteiger partial charge on any atom is 0.241 e. The van der Waals surface area contributed by atoms with E-state index in [2.05, 4.69) is 10.9 Å². The molecule has 5 heteroatoms. The van der Waals surface area contributed by atoms with E-state index in [0.29, 0.717) is 17.9 Å². The fourth-order valence-electron chi connectivity index (χ4n) is 1.59. The summed E-state index contributed by atoms with van der Waals surface area (Å²) in [6, 6.07) is 7.41. The molecule has 0 aliphatic heterocycles. The molecule has 0 spiro atoms. The molecule has 18 heavy (non-hydrogen) atoms. The molecule has 2 rings (SSSR count).